The van der Waals surface area contributed by atoms with E-state index in [1.807, 2.05) is 6.92 Å². The van der Waals surface area contributed by atoms with Crippen LogP contribution in [0.4, 0.5) is 5.69 Å². The van der Waals surface area contributed by atoms with Crippen LogP contribution in [0.1, 0.15) is 32.8 Å². The van der Waals surface area contributed by atoms with Crippen molar-refractivity contribution in [3.63, 3.8) is 0 Å². The van der Waals surface area contributed by atoms with Crippen LogP contribution in [0.2, 0.25) is 0 Å². The molecule has 0 unspecified atom stereocenters. The summed E-state index contributed by atoms with van der Waals surface area (Å²) in [6, 6.07) is 7.99. The highest BCUT2D eigenvalue weighted by atomic mass is 35.5. The lowest BCUT2D eigenvalue weighted by molar-refractivity contribution is -0.146. The maximum absolute atomic E-state index is 12.1. The molecule has 4 nitrogen and oxygen atoms in total. The second kappa shape index (κ2) is 12.4. The van der Waals surface area contributed by atoms with Crippen LogP contribution in [0.5, 0.6) is 0 Å². The van der Waals surface area contributed by atoms with Crippen LogP contribution in [-0.2, 0) is 16.1 Å². The second-order valence-electron chi connectivity index (χ2n) is 6.35. The molecule has 1 rings (SSSR count). The minimum Gasteiger partial charge on any atom is -0.465 e. The topological polar surface area (TPSA) is 41.6 Å². The summed E-state index contributed by atoms with van der Waals surface area (Å²) < 4.78 is 5.16. The van der Waals surface area contributed by atoms with Crippen molar-refractivity contribution in [2.45, 2.75) is 39.8 Å². The SMILES string of the molecule is CCOC(=O)[C@H](CC(C)C)NCc1ccc(N(CCCl)CCCl)cc1. The highest BCUT2D eigenvalue weighted by molar-refractivity contribution is 6.18. The summed E-state index contributed by atoms with van der Waals surface area (Å²) in [4.78, 5) is 14.2. The monoisotopic (exact) mass is 388 g/mol. The highest BCUT2D eigenvalue weighted by Crippen LogP contribution is 2.16. The maximum Gasteiger partial charge on any atom is 0.323 e. The number of carbonyl (C=O) groups excluding carboxylic acids is 1. The lowest BCUT2D eigenvalue weighted by atomic mass is 10.0. The smallest absolute Gasteiger partial charge is 0.323 e. The molecule has 0 saturated heterocycles. The number of anilines is 1. The molecule has 1 N–H and O–H groups in total. The Morgan fingerprint density at radius 3 is 2.24 bits per heavy atom. The molecule has 142 valence electrons. The molecule has 1 aromatic rings. The molecule has 0 amide bonds. The minimum atomic E-state index is -0.274. The van der Waals surface area contributed by atoms with Crippen molar-refractivity contribution >= 4 is 34.9 Å². The molecule has 0 heterocycles. The van der Waals surface area contributed by atoms with E-state index in [0.29, 0.717) is 30.8 Å². The zero-order chi connectivity index (χ0) is 18.7. The molecule has 1 atom stereocenters. The number of hydrogen-bond donors (Lipinski definition) is 1. The molecule has 1 aromatic carbocycles. The van der Waals surface area contributed by atoms with Gasteiger partial charge in [0.05, 0.1) is 6.61 Å². The van der Waals surface area contributed by atoms with Gasteiger partial charge in [0.1, 0.15) is 6.04 Å². The van der Waals surface area contributed by atoms with E-state index in [4.69, 9.17) is 27.9 Å². The number of hydrogen-bond acceptors (Lipinski definition) is 4. The van der Waals surface area contributed by atoms with Gasteiger partial charge >= 0.3 is 5.97 Å². The van der Waals surface area contributed by atoms with Gasteiger partial charge in [0.2, 0.25) is 0 Å². The van der Waals surface area contributed by atoms with Crippen LogP contribution in [0, 0.1) is 5.92 Å². The third kappa shape index (κ3) is 8.30. The quantitative estimate of drug-likeness (QED) is 0.433. The Morgan fingerprint density at radius 1 is 1.16 bits per heavy atom. The minimum absolute atomic E-state index is 0.178. The molecule has 25 heavy (non-hydrogen) atoms. The third-order valence-electron chi connectivity index (χ3n) is 3.84. The van der Waals surface area contributed by atoms with Gasteiger partial charge in [-0.15, -0.1) is 23.2 Å². The molecule has 6 heteroatoms. The summed E-state index contributed by atoms with van der Waals surface area (Å²) in [6.45, 7) is 8.60. The first kappa shape index (κ1) is 22.1. The predicted molar refractivity (Wildman–Crippen MR) is 107 cm³/mol. The summed E-state index contributed by atoms with van der Waals surface area (Å²) >= 11 is 11.7. The number of halogens is 2. The number of nitrogens with zero attached hydrogens (tertiary/aromatic N) is 1. The standard InChI is InChI=1S/C19H30Cl2N2O2/c1-4-25-19(24)18(13-15(2)3)22-14-16-5-7-17(8-6-16)23(11-9-20)12-10-21/h5-8,15,18,22H,4,9-14H2,1-3H3/t18-/m0/s1. The van der Waals surface area contributed by atoms with E-state index in [1.165, 1.54) is 0 Å². The van der Waals surface area contributed by atoms with Gasteiger partial charge in [0, 0.05) is 37.1 Å². The van der Waals surface area contributed by atoms with Crippen LogP contribution in [-0.4, -0.2) is 43.5 Å². The van der Waals surface area contributed by atoms with Crippen LogP contribution >= 0.6 is 23.2 Å². The number of benzene rings is 1. The molecule has 0 radical (unpaired) electrons. The average Bonchev–Trinajstić information content (AvgIpc) is 2.59. The Kier molecular flexibility index (Phi) is 10.9. The lowest BCUT2D eigenvalue weighted by Gasteiger charge is -2.23. The van der Waals surface area contributed by atoms with Gasteiger partial charge in [-0.25, -0.2) is 0 Å². The summed E-state index contributed by atoms with van der Waals surface area (Å²) in [6.07, 6.45) is 0.760. The summed E-state index contributed by atoms with van der Waals surface area (Å²) in [5.74, 6) is 1.37. The molecule has 0 aliphatic carbocycles. The van der Waals surface area contributed by atoms with Crippen molar-refractivity contribution in [1.82, 2.24) is 5.32 Å². The first-order chi connectivity index (χ1) is 12.0. The van der Waals surface area contributed by atoms with Gasteiger partial charge in [-0.2, -0.15) is 0 Å². The van der Waals surface area contributed by atoms with E-state index in [-0.39, 0.29) is 12.0 Å². The Hall–Kier alpha value is -0.970. The molecule has 0 bridgehead atoms. The van der Waals surface area contributed by atoms with Gasteiger partial charge < -0.3 is 15.0 Å². The summed E-state index contributed by atoms with van der Waals surface area (Å²) in [7, 11) is 0. The second-order valence-corrected chi connectivity index (χ2v) is 7.10. The van der Waals surface area contributed by atoms with Crippen molar-refractivity contribution in [3.05, 3.63) is 29.8 Å². The van der Waals surface area contributed by atoms with E-state index in [1.54, 1.807) is 0 Å². The largest absolute Gasteiger partial charge is 0.465 e. The third-order valence-corrected chi connectivity index (χ3v) is 4.18. The molecule has 0 aliphatic rings. The Labute approximate surface area is 161 Å². The predicted octanol–water partition coefficient (Wildman–Crippen LogP) is 4.04. The molecular weight excluding hydrogens is 359 g/mol. The number of rotatable bonds is 12. The zero-order valence-electron chi connectivity index (χ0n) is 15.4. The van der Waals surface area contributed by atoms with Crippen molar-refractivity contribution < 1.29 is 9.53 Å². The molecular formula is C19H30Cl2N2O2. The first-order valence-corrected chi connectivity index (χ1v) is 9.94. The molecule has 0 aliphatic heterocycles. The average molecular weight is 389 g/mol. The molecule has 0 saturated carbocycles. The van der Waals surface area contributed by atoms with Crippen LogP contribution < -0.4 is 10.2 Å². The van der Waals surface area contributed by atoms with Gasteiger partial charge in [0.15, 0.2) is 0 Å². The Balaban J connectivity index is 2.67. The van der Waals surface area contributed by atoms with Crippen molar-refractivity contribution in [2.24, 2.45) is 5.92 Å². The summed E-state index contributed by atoms with van der Waals surface area (Å²) in [5.41, 5.74) is 2.23. The van der Waals surface area contributed by atoms with Crippen LogP contribution in [0.25, 0.3) is 0 Å². The van der Waals surface area contributed by atoms with Crippen molar-refractivity contribution in [1.29, 1.82) is 0 Å². The van der Waals surface area contributed by atoms with Crippen molar-refractivity contribution in [3.8, 4) is 0 Å². The van der Waals surface area contributed by atoms with E-state index in [9.17, 15) is 4.79 Å². The fourth-order valence-corrected chi connectivity index (χ4v) is 3.02. The fraction of sp³-hybridized carbons (Fsp3) is 0.632. The number of esters is 1. The van der Waals surface area contributed by atoms with Crippen LogP contribution in [0.3, 0.4) is 0 Å². The highest BCUT2D eigenvalue weighted by Gasteiger charge is 2.20. The molecule has 0 spiro atoms. The maximum atomic E-state index is 12.1. The van der Waals surface area contributed by atoms with Gasteiger partial charge in [-0.1, -0.05) is 26.0 Å². The van der Waals surface area contributed by atoms with Gasteiger partial charge in [0.25, 0.3) is 0 Å². The molecule has 0 aromatic heterocycles. The van der Waals surface area contributed by atoms with Gasteiger partial charge in [-0.05, 0) is 37.0 Å². The number of nitrogens with one attached hydrogen (secondary N) is 1. The van der Waals surface area contributed by atoms with Crippen molar-refractivity contribution in [2.75, 3.05) is 36.4 Å². The normalized spacial score (nSPS) is 12.2. The van der Waals surface area contributed by atoms with E-state index in [2.05, 4.69) is 48.3 Å². The van der Waals surface area contributed by atoms with Crippen LogP contribution in [0.15, 0.2) is 24.3 Å². The van der Waals surface area contributed by atoms with E-state index >= 15 is 0 Å². The summed E-state index contributed by atoms with van der Waals surface area (Å²) in [5, 5.41) is 3.32. The Bertz CT molecular complexity index is 489. The Morgan fingerprint density at radius 2 is 1.76 bits per heavy atom. The number of ether oxygens (including phenoxy) is 1. The zero-order valence-corrected chi connectivity index (χ0v) is 16.9. The first-order valence-electron chi connectivity index (χ1n) is 8.87. The molecule has 0 fully saturated rings. The lowest BCUT2D eigenvalue weighted by Crippen LogP contribution is -2.38. The van der Waals surface area contributed by atoms with E-state index in [0.717, 1.165) is 30.8 Å². The fourth-order valence-electron chi connectivity index (χ4n) is 2.62. The van der Waals surface area contributed by atoms with E-state index < -0.39 is 0 Å². The van der Waals surface area contributed by atoms with Gasteiger partial charge in [-0.3, -0.25) is 4.79 Å². The number of alkyl halides is 2. The number of carbonyl (C=O) groups is 1.